The molecular weight excluding hydrogens is 892 g/mol. The number of hydrogen-bond donors (Lipinski definition) is 1. The van der Waals surface area contributed by atoms with Gasteiger partial charge >= 0.3 is 0 Å². The van der Waals surface area contributed by atoms with Gasteiger partial charge in [0.1, 0.15) is 34.1 Å². The summed E-state index contributed by atoms with van der Waals surface area (Å²) in [5.41, 5.74) is 0.246. The van der Waals surface area contributed by atoms with Crippen LogP contribution in [-0.2, 0) is 23.7 Å². The summed E-state index contributed by atoms with van der Waals surface area (Å²) in [6.07, 6.45) is 0. The van der Waals surface area contributed by atoms with E-state index in [1.807, 2.05) is 0 Å². The van der Waals surface area contributed by atoms with Gasteiger partial charge < -0.3 is 48.6 Å². The lowest BCUT2D eigenvalue weighted by molar-refractivity contribution is 0.109. The summed E-state index contributed by atoms with van der Waals surface area (Å²) in [6.45, 7) is 9.51. The first-order valence-corrected chi connectivity index (χ1v) is 19.0. The fraction of sp³-hybridized carbons (Fsp3) is 0.625. The number of rotatable bonds is 6. The number of anilines is 4. The number of azo groups is 1. The molecule has 0 unspecified atom stereocenters. The third kappa shape index (κ3) is 8.52. The maximum Gasteiger partial charge on any atom is 0.165 e. The van der Waals surface area contributed by atoms with E-state index in [0.717, 1.165) is 26.3 Å². The largest absolute Gasteiger partial charge is 0.379 e. The smallest absolute Gasteiger partial charge is 0.165 e. The molecular formula is C32H41F4I2N7O5. The SMILES string of the molecule is C1COCCN1.Fc1c(I)c(F)c(N2CCOCC2)c(N=Nc2c(N3CCOCC3)c(F)c(I)c(F)c2N2CCOCC2)c1N1CCOCC1. The Morgan fingerprint density at radius 1 is 0.420 bits per heavy atom. The standard InChI is InChI=1S/C28H32F4I2N6O4.C4H9NO/c29-17-21(33)18(30)26(38-3-11-42-12-4-38)23(25(17)37-1-9-41-10-2-37)35-36-24-27(39-5-13-43-14-6-39)19(31)22(34)20(32)28(24)40-7-15-44-16-8-40;1-3-6-4-2-5-1/h1-16H2;5H,1-4H2. The van der Waals surface area contributed by atoms with Crippen molar-refractivity contribution in [3.05, 3.63) is 30.4 Å². The minimum absolute atomic E-state index is 0.0376. The third-order valence-corrected chi connectivity index (χ3v) is 10.8. The van der Waals surface area contributed by atoms with E-state index in [9.17, 15) is 0 Å². The molecule has 0 atom stereocenters. The summed E-state index contributed by atoms with van der Waals surface area (Å²) in [4.78, 5) is 7.05. The van der Waals surface area contributed by atoms with Crippen LogP contribution in [0.4, 0.5) is 51.7 Å². The number of benzene rings is 2. The molecule has 0 saturated carbocycles. The molecule has 5 fully saturated rings. The van der Waals surface area contributed by atoms with Crippen LogP contribution in [0.5, 0.6) is 0 Å². The second kappa shape index (κ2) is 18.3. The summed E-state index contributed by atoms with van der Waals surface area (Å²) >= 11 is 3.35. The van der Waals surface area contributed by atoms with E-state index in [4.69, 9.17) is 23.7 Å². The van der Waals surface area contributed by atoms with Crippen molar-refractivity contribution >= 4 is 79.3 Å². The maximum atomic E-state index is 16.1. The molecule has 0 radical (unpaired) electrons. The first-order valence-electron chi connectivity index (χ1n) is 16.8. The van der Waals surface area contributed by atoms with Crippen molar-refractivity contribution in [3.63, 3.8) is 0 Å². The fourth-order valence-electron chi connectivity index (χ4n) is 6.36. The lowest BCUT2D eigenvalue weighted by Crippen LogP contribution is -2.39. The number of hydrogen-bond acceptors (Lipinski definition) is 12. The molecule has 0 amide bonds. The Balaban J connectivity index is 0.000000652. The molecule has 5 heterocycles. The number of nitrogens with zero attached hydrogens (tertiary/aromatic N) is 6. The zero-order chi connectivity index (χ0) is 35.0. The Labute approximate surface area is 316 Å². The van der Waals surface area contributed by atoms with Crippen molar-refractivity contribution < 1.29 is 41.2 Å². The van der Waals surface area contributed by atoms with Crippen molar-refractivity contribution in [2.24, 2.45) is 10.2 Å². The second-order valence-electron chi connectivity index (χ2n) is 11.9. The van der Waals surface area contributed by atoms with Crippen molar-refractivity contribution in [2.75, 3.05) is 151 Å². The number of nitrogens with one attached hydrogen (secondary N) is 1. The van der Waals surface area contributed by atoms with Crippen molar-refractivity contribution in [1.29, 1.82) is 0 Å². The minimum atomic E-state index is -0.766. The maximum absolute atomic E-state index is 16.1. The average molecular weight is 934 g/mol. The average Bonchev–Trinajstić information content (AvgIpc) is 3.17. The highest BCUT2D eigenvalue weighted by molar-refractivity contribution is 14.1. The molecule has 5 saturated heterocycles. The molecule has 0 spiro atoms. The molecule has 2 aromatic rings. The van der Waals surface area contributed by atoms with Crippen LogP contribution < -0.4 is 24.9 Å². The molecule has 0 bridgehead atoms. The Morgan fingerprint density at radius 2 is 0.660 bits per heavy atom. The quantitative estimate of drug-likeness (QED) is 0.188. The first-order chi connectivity index (χ1) is 24.4. The van der Waals surface area contributed by atoms with E-state index >= 15 is 17.6 Å². The lowest BCUT2D eigenvalue weighted by atomic mass is 10.1. The summed E-state index contributed by atoms with van der Waals surface area (Å²) in [7, 11) is 0. The van der Waals surface area contributed by atoms with Crippen LogP contribution in [0.15, 0.2) is 10.2 Å². The predicted octanol–water partition coefficient (Wildman–Crippen LogP) is 4.82. The van der Waals surface area contributed by atoms with Crippen LogP contribution in [-0.4, -0.2) is 132 Å². The molecule has 0 aliphatic carbocycles. The van der Waals surface area contributed by atoms with Gasteiger partial charge in [-0.2, -0.15) is 0 Å². The van der Waals surface area contributed by atoms with Gasteiger partial charge in [-0.15, -0.1) is 10.2 Å². The highest BCUT2D eigenvalue weighted by Gasteiger charge is 2.34. The molecule has 1 N–H and O–H groups in total. The molecule has 5 aliphatic heterocycles. The summed E-state index contributed by atoms with van der Waals surface area (Å²) in [5, 5.41) is 12.2. The van der Waals surface area contributed by atoms with Gasteiger partial charge in [-0.1, -0.05) is 0 Å². The molecule has 12 nitrogen and oxygen atoms in total. The van der Waals surface area contributed by atoms with Gasteiger partial charge in [0, 0.05) is 65.4 Å². The van der Waals surface area contributed by atoms with E-state index in [1.165, 1.54) is 0 Å². The van der Waals surface area contributed by atoms with Gasteiger partial charge in [0.2, 0.25) is 0 Å². The van der Waals surface area contributed by atoms with Crippen LogP contribution >= 0.6 is 45.2 Å². The van der Waals surface area contributed by atoms with Gasteiger partial charge in [-0.3, -0.25) is 0 Å². The Morgan fingerprint density at radius 3 is 0.860 bits per heavy atom. The van der Waals surface area contributed by atoms with Gasteiger partial charge in [0.25, 0.3) is 0 Å². The van der Waals surface area contributed by atoms with E-state index in [0.29, 0.717) is 105 Å². The molecule has 0 aromatic heterocycles. The highest BCUT2D eigenvalue weighted by atomic mass is 127. The van der Waals surface area contributed by atoms with Crippen LogP contribution in [0.3, 0.4) is 0 Å². The zero-order valence-electron chi connectivity index (χ0n) is 27.6. The third-order valence-electron chi connectivity index (χ3n) is 8.91. The summed E-state index contributed by atoms with van der Waals surface area (Å²) in [5.74, 6) is -3.06. The van der Waals surface area contributed by atoms with Crippen molar-refractivity contribution in [3.8, 4) is 0 Å². The molecule has 50 heavy (non-hydrogen) atoms. The second-order valence-corrected chi connectivity index (χ2v) is 14.1. The zero-order valence-corrected chi connectivity index (χ0v) is 31.9. The Hall–Kier alpha value is -1.82. The molecule has 276 valence electrons. The van der Waals surface area contributed by atoms with E-state index < -0.39 is 23.3 Å². The van der Waals surface area contributed by atoms with Gasteiger partial charge in [-0.05, 0) is 45.2 Å². The lowest BCUT2D eigenvalue weighted by Gasteiger charge is -2.35. The Bertz CT molecular complexity index is 1300. The normalized spacial score (nSPS) is 20.7. The van der Waals surface area contributed by atoms with Crippen molar-refractivity contribution in [1.82, 2.24) is 5.32 Å². The molecule has 2 aromatic carbocycles. The summed E-state index contributed by atoms with van der Waals surface area (Å²) in [6, 6.07) is 0. The van der Waals surface area contributed by atoms with Gasteiger partial charge in [-0.25, -0.2) is 17.6 Å². The monoisotopic (exact) mass is 933 g/mol. The summed E-state index contributed by atoms with van der Waals surface area (Å²) < 4.78 is 90.9. The van der Waals surface area contributed by atoms with Gasteiger partial charge in [0.05, 0.1) is 73.2 Å². The number of morpholine rings is 5. The number of halogens is 6. The highest BCUT2D eigenvalue weighted by Crippen LogP contribution is 2.49. The van der Waals surface area contributed by atoms with Crippen LogP contribution in [0.1, 0.15) is 0 Å². The van der Waals surface area contributed by atoms with E-state index in [-0.39, 0.29) is 41.3 Å². The first kappa shape index (κ1) is 37.9. The van der Waals surface area contributed by atoms with E-state index in [1.54, 1.807) is 64.8 Å². The number of ether oxygens (including phenoxy) is 5. The minimum Gasteiger partial charge on any atom is -0.379 e. The fourth-order valence-corrected chi connectivity index (χ4v) is 7.38. The molecule has 5 aliphatic rings. The van der Waals surface area contributed by atoms with Crippen molar-refractivity contribution in [2.45, 2.75) is 0 Å². The Kier molecular flexibility index (Phi) is 13.9. The van der Waals surface area contributed by atoms with Crippen LogP contribution in [0, 0.1) is 30.4 Å². The van der Waals surface area contributed by atoms with E-state index in [2.05, 4.69) is 15.5 Å². The predicted molar refractivity (Wildman–Crippen MR) is 198 cm³/mol. The molecule has 18 heteroatoms. The van der Waals surface area contributed by atoms with Gasteiger partial charge in [0.15, 0.2) is 23.3 Å². The topological polar surface area (TPSA) is 95.9 Å². The molecule has 7 rings (SSSR count). The van der Waals surface area contributed by atoms with Crippen LogP contribution in [0.2, 0.25) is 0 Å². The van der Waals surface area contributed by atoms with Crippen LogP contribution in [0.25, 0.3) is 0 Å².